The first-order chi connectivity index (χ1) is 8.08. The molecule has 0 aliphatic carbocycles. The molecule has 0 aliphatic heterocycles. The second-order valence-electron chi connectivity index (χ2n) is 3.85. The molecule has 4 heteroatoms. The molecule has 0 fully saturated rings. The van der Waals surface area contributed by atoms with Crippen LogP contribution < -0.4 is 10.5 Å². The van der Waals surface area contributed by atoms with Gasteiger partial charge in [0.2, 0.25) is 0 Å². The van der Waals surface area contributed by atoms with Crippen LogP contribution in [0.5, 0.6) is 5.75 Å². The first kappa shape index (κ1) is 13.5. The van der Waals surface area contributed by atoms with Crippen LogP contribution in [0.1, 0.15) is 37.4 Å². The van der Waals surface area contributed by atoms with Crippen molar-refractivity contribution < 1.29 is 14.6 Å². The fourth-order valence-electron chi connectivity index (χ4n) is 1.80. The Balaban J connectivity index is 2.95. The molecule has 3 N–H and O–H groups in total. The largest absolute Gasteiger partial charge is 0.494 e. The maximum atomic E-state index is 10.6. The van der Waals surface area contributed by atoms with Crippen molar-refractivity contribution in [1.82, 2.24) is 0 Å². The van der Waals surface area contributed by atoms with Gasteiger partial charge in [0.15, 0.2) is 0 Å². The molecule has 4 nitrogen and oxygen atoms in total. The van der Waals surface area contributed by atoms with Gasteiger partial charge in [0.25, 0.3) is 0 Å². The Kier molecular flexibility index (Phi) is 4.97. The van der Waals surface area contributed by atoms with E-state index < -0.39 is 12.0 Å². The van der Waals surface area contributed by atoms with Gasteiger partial charge >= 0.3 is 5.97 Å². The Morgan fingerprint density at radius 3 is 2.71 bits per heavy atom. The van der Waals surface area contributed by atoms with E-state index in [2.05, 4.69) is 0 Å². The second-order valence-corrected chi connectivity index (χ2v) is 3.85. The van der Waals surface area contributed by atoms with Crippen LogP contribution in [0, 0.1) is 0 Å². The molecule has 0 saturated heterocycles. The molecule has 0 aliphatic rings. The maximum absolute atomic E-state index is 10.6. The Hall–Kier alpha value is -1.55. The minimum atomic E-state index is -0.881. The van der Waals surface area contributed by atoms with E-state index in [1.54, 1.807) is 0 Å². The number of aryl methyl sites for hydroxylation is 1. The summed E-state index contributed by atoms with van der Waals surface area (Å²) in [4.78, 5) is 10.6. The van der Waals surface area contributed by atoms with Crippen molar-refractivity contribution >= 4 is 5.97 Å². The van der Waals surface area contributed by atoms with Crippen LogP contribution in [0.25, 0.3) is 0 Å². The zero-order valence-corrected chi connectivity index (χ0v) is 10.3. The van der Waals surface area contributed by atoms with Crippen molar-refractivity contribution in [2.45, 2.75) is 32.7 Å². The minimum Gasteiger partial charge on any atom is -0.494 e. The van der Waals surface area contributed by atoms with E-state index in [0.717, 1.165) is 23.3 Å². The van der Waals surface area contributed by atoms with Gasteiger partial charge in [0.05, 0.1) is 13.0 Å². The lowest BCUT2D eigenvalue weighted by molar-refractivity contribution is -0.137. The molecule has 17 heavy (non-hydrogen) atoms. The average molecular weight is 237 g/mol. The normalized spacial score (nSPS) is 12.2. The van der Waals surface area contributed by atoms with Gasteiger partial charge in [0, 0.05) is 6.04 Å². The van der Waals surface area contributed by atoms with Crippen molar-refractivity contribution in [3.05, 3.63) is 29.3 Å². The number of hydrogen-bond acceptors (Lipinski definition) is 3. The van der Waals surface area contributed by atoms with E-state index in [1.165, 1.54) is 0 Å². The van der Waals surface area contributed by atoms with Crippen molar-refractivity contribution in [1.29, 1.82) is 0 Å². The summed E-state index contributed by atoms with van der Waals surface area (Å²) in [6.45, 7) is 4.56. The predicted octanol–water partition coefficient (Wildman–Crippen LogP) is 2.12. The quantitative estimate of drug-likeness (QED) is 0.795. The molecule has 0 radical (unpaired) electrons. The highest BCUT2D eigenvalue weighted by molar-refractivity contribution is 5.68. The van der Waals surface area contributed by atoms with Crippen molar-refractivity contribution in [2.24, 2.45) is 5.73 Å². The Bertz CT molecular complexity index is 390. The van der Waals surface area contributed by atoms with E-state index in [4.69, 9.17) is 15.6 Å². The minimum absolute atomic E-state index is 0.0546. The Morgan fingerprint density at radius 1 is 1.47 bits per heavy atom. The van der Waals surface area contributed by atoms with Gasteiger partial charge in [-0.3, -0.25) is 4.79 Å². The van der Waals surface area contributed by atoms with Crippen LogP contribution in [-0.4, -0.2) is 17.7 Å². The topological polar surface area (TPSA) is 72.5 Å². The zero-order chi connectivity index (χ0) is 12.8. The summed E-state index contributed by atoms with van der Waals surface area (Å²) in [6.07, 6.45) is 0.755. The first-order valence-electron chi connectivity index (χ1n) is 5.81. The van der Waals surface area contributed by atoms with Gasteiger partial charge in [-0.2, -0.15) is 0 Å². The molecule has 1 aromatic rings. The molecule has 0 amide bonds. The standard InChI is InChI=1S/C13H19NO3/c1-3-9-7-10(17-4-2)5-6-11(9)12(14)8-13(15)16/h5-7,12H,3-4,8,14H2,1-2H3,(H,15,16). The third kappa shape index (κ3) is 3.75. The van der Waals surface area contributed by atoms with Gasteiger partial charge < -0.3 is 15.6 Å². The van der Waals surface area contributed by atoms with Gasteiger partial charge in [-0.15, -0.1) is 0 Å². The van der Waals surface area contributed by atoms with Crippen molar-refractivity contribution in [3.63, 3.8) is 0 Å². The van der Waals surface area contributed by atoms with E-state index in [9.17, 15) is 4.79 Å². The second kappa shape index (κ2) is 6.25. The van der Waals surface area contributed by atoms with E-state index in [-0.39, 0.29) is 6.42 Å². The highest BCUT2D eigenvalue weighted by Gasteiger charge is 2.14. The van der Waals surface area contributed by atoms with Crippen LogP contribution in [0.3, 0.4) is 0 Å². The summed E-state index contributed by atoms with van der Waals surface area (Å²) in [6, 6.07) is 5.16. The molecule has 0 bridgehead atoms. The Labute approximate surface area is 101 Å². The number of hydrogen-bond donors (Lipinski definition) is 2. The average Bonchev–Trinajstić information content (AvgIpc) is 2.28. The molecule has 1 rings (SSSR count). The molecule has 0 aromatic heterocycles. The predicted molar refractivity (Wildman–Crippen MR) is 66.2 cm³/mol. The lowest BCUT2D eigenvalue weighted by Gasteiger charge is -2.15. The van der Waals surface area contributed by atoms with Crippen LogP contribution in [0.2, 0.25) is 0 Å². The van der Waals surface area contributed by atoms with Gasteiger partial charge in [0.1, 0.15) is 5.75 Å². The lowest BCUT2D eigenvalue weighted by Crippen LogP contribution is -2.16. The number of aliphatic carboxylic acids is 1. The number of ether oxygens (including phenoxy) is 1. The first-order valence-corrected chi connectivity index (χ1v) is 5.81. The number of rotatable bonds is 6. The van der Waals surface area contributed by atoms with Gasteiger partial charge in [-0.05, 0) is 36.6 Å². The summed E-state index contributed by atoms with van der Waals surface area (Å²) in [5.74, 6) is -0.0796. The summed E-state index contributed by atoms with van der Waals surface area (Å²) < 4.78 is 5.41. The molecule has 1 aromatic carbocycles. The Morgan fingerprint density at radius 2 is 2.18 bits per heavy atom. The van der Waals surface area contributed by atoms with Crippen molar-refractivity contribution in [3.8, 4) is 5.75 Å². The summed E-state index contributed by atoms with van der Waals surface area (Å²) in [5, 5.41) is 8.74. The highest BCUT2D eigenvalue weighted by atomic mass is 16.5. The van der Waals surface area contributed by atoms with E-state index in [1.807, 2.05) is 32.0 Å². The number of carboxylic acid groups (broad SMARTS) is 1. The third-order valence-electron chi connectivity index (χ3n) is 2.60. The molecule has 94 valence electrons. The molecule has 0 saturated carbocycles. The molecule has 0 heterocycles. The third-order valence-corrected chi connectivity index (χ3v) is 2.60. The fraction of sp³-hybridized carbons (Fsp3) is 0.462. The molecular weight excluding hydrogens is 218 g/mol. The number of nitrogens with two attached hydrogens (primary N) is 1. The smallest absolute Gasteiger partial charge is 0.305 e. The van der Waals surface area contributed by atoms with Crippen molar-refractivity contribution in [2.75, 3.05) is 6.61 Å². The van der Waals surface area contributed by atoms with Crippen LogP contribution in [0.15, 0.2) is 18.2 Å². The molecule has 0 spiro atoms. The summed E-state index contributed by atoms with van der Waals surface area (Å²) >= 11 is 0. The monoisotopic (exact) mass is 237 g/mol. The van der Waals surface area contributed by atoms with Gasteiger partial charge in [-0.25, -0.2) is 0 Å². The van der Waals surface area contributed by atoms with E-state index in [0.29, 0.717) is 6.61 Å². The maximum Gasteiger partial charge on any atom is 0.305 e. The molecule has 1 atom stereocenters. The highest BCUT2D eigenvalue weighted by Crippen LogP contribution is 2.24. The van der Waals surface area contributed by atoms with E-state index >= 15 is 0 Å². The van der Waals surface area contributed by atoms with Crippen LogP contribution in [-0.2, 0) is 11.2 Å². The number of carbonyl (C=O) groups is 1. The van der Waals surface area contributed by atoms with Crippen LogP contribution in [0.4, 0.5) is 0 Å². The molecule has 1 unspecified atom stereocenters. The lowest BCUT2D eigenvalue weighted by atomic mass is 9.97. The summed E-state index contributed by atoms with van der Waals surface area (Å²) in [7, 11) is 0. The van der Waals surface area contributed by atoms with Gasteiger partial charge in [-0.1, -0.05) is 13.0 Å². The molecular formula is C13H19NO3. The number of benzene rings is 1. The summed E-state index contributed by atoms with van der Waals surface area (Å²) in [5.41, 5.74) is 7.81. The number of carboxylic acids is 1. The fourth-order valence-corrected chi connectivity index (χ4v) is 1.80. The van der Waals surface area contributed by atoms with Crippen LogP contribution >= 0.6 is 0 Å². The zero-order valence-electron chi connectivity index (χ0n) is 10.3. The SMILES string of the molecule is CCOc1ccc(C(N)CC(=O)O)c(CC)c1.